The van der Waals surface area contributed by atoms with E-state index in [1.165, 1.54) is 12.1 Å². The van der Waals surface area contributed by atoms with Gasteiger partial charge in [0.05, 0.1) is 10.5 Å². The van der Waals surface area contributed by atoms with Crippen LogP contribution in [0.1, 0.15) is 15.9 Å². The Bertz CT molecular complexity index is 792. The van der Waals surface area contributed by atoms with Gasteiger partial charge >= 0.3 is 5.97 Å². The Kier molecular flexibility index (Phi) is 5.30. The molecular weight excluding hydrogens is 318 g/mol. The number of aromatic nitrogens is 1. The zero-order valence-electron chi connectivity index (χ0n) is 12.5. The second kappa shape index (κ2) is 7.21. The Labute approximate surface area is 134 Å². The van der Waals surface area contributed by atoms with Gasteiger partial charge in [0.1, 0.15) is 5.82 Å². The van der Waals surface area contributed by atoms with Crippen LogP contribution in [0, 0.1) is 6.92 Å². The van der Waals surface area contributed by atoms with Gasteiger partial charge in [-0.15, -0.1) is 0 Å². The minimum atomic E-state index is -3.78. The predicted molar refractivity (Wildman–Crippen MR) is 86.1 cm³/mol. The van der Waals surface area contributed by atoms with E-state index >= 15 is 0 Å². The van der Waals surface area contributed by atoms with Crippen LogP contribution < -0.4 is 10.0 Å². The van der Waals surface area contributed by atoms with E-state index in [9.17, 15) is 13.2 Å². The van der Waals surface area contributed by atoms with Crippen molar-refractivity contribution in [2.24, 2.45) is 0 Å². The number of nitrogens with zero attached hydrogens (tertiary/aromatic N) is 1. The fourth-order valence-electron chi connectivity index (χ4n) is 1.94. The van der Waals surface area contributed by atoms with Gasteiger partial charge in [-0.2, -0.15) is 0 Å². The van der Waals surface area contributed by atoms with Gasteiger partial charge in [0.2, 0.25) is 10.0 Å². The molecule has 0 saturated carbocycles. The quantitative estimate of drug-likeness (QED) is 0.661. The van der Waals surface area contributed by atoms with Crippen LogP contribution in [0.15, 0.2) is 47.5 Å². The molecule has 0 amide bonds. The van der Waals surface area contributed by atoms with Gasteiger partial charge in [0, 0.05) is 19.3 Å². The molecule has 0 saturated heterocycles. The molecule has 0 atom stereocenters. The molecule has 23 heavy (non-hydrogen) atoms. The van der Waals surface area contributed by atoms with Crippen LogP contribution in [0.5, 0.6) is 0 Å². The fraction of sp³-hybridized carbons (Fsp3) is 0.200. The highest BCUT2D eigenvalue weighted by atomic mass is 32.2. The number of aromatic carboxylic acids is 1. The van der Waals surface area contributed by atoms with Gasteiger partial charge in [-0.05, 0) is 36.8 Å². The Morgan fingerprint density at radius 3 is 2.65 bits per heavy atom. The van der Waals surface area contributed by atoms with E-state index in [4.69, 9.17) is 5.11 Å². The van der Waals surface area contributed by atoms with Crippen molar-refractivity contribution in [2.75, 3.05) is 18.4 Å². The lowest BCUT2D eigenvalue weighted by Gasteiger charge is -2.11. The molecule has 0 spiro atoms. The number of carbonyl (C=O) groups is 1. The van der Waals surface area contributed by atoms with Crippen LogP contribution in [0.4, 0.5) is 5.82 Å². The largest absolute Gasteiger partial charge is 0.478 e. The smallest absolute Gasteiger partial charge is 0.335 e. The first-order chi connectivity index (χ1) is 10.9. The van der Waals surface area contributed by atoms with E-state index in [1.54, 1.807) is 25.3 Å². The minimum Gasteiger partial charge on any atom is -0.478 e. The average molecular weight is 335 g/mol. The molecule has 0 fully saturated rings. The van der Waals surface area contributed by atoms with Gasteiger partial charge in [0.25, 0.3) is 0 Å². The molecule has 122 valence electrons. The van der Waals surface area contributed by atoms with Crippen molar-refractivity contribution < 1.29 is 18.3 Å². The highest BCUT2D eigenvalue weighted by molar-refractivity contribution is 7.89. The summed E-state index contributed by atoms with van der Waals surface area (Å²) < 4.78 is 27.0. The molecular formula is C15H17N3O4S. The summed E-state index contributed by atoms with van der Waals surface area (Å²) >= 11 is 0. The lowest BCUT2D eigenvalue weighted by Crippen LogP contribution is -2.29. The maximum atomic E-state index is 12.3. The number of hydrogen-bond acceptors (Lipinski definition) is 5. The Balaban J connectivity index is 2.01. The Morgan fingerprint density at radius 1 is 1.22 bits per heavy atom. The van der Waals surface area contributed by atoms with E-state index in [0.29, 0.717) is 17.9 Å². The number of benzene rings is 1. The third kappa shape index (κ3) is 4.51. The van der Waals surface area contributed by atoms with Gasteiger partial charge < -0.3 is 10.4 Å². The monoisotopic (exact) mass is 335 g/mol. The van der Waals surface area contributed by atoms with Crippen LogP contribution in [0.3, 0.4) is 0 Å². The molecule has 0 aliphatic heterocycles. The molecule has 2 aromatic rings. The molecule has 1 heterocycles. The van der Waals surface area contributed by atoms with Crippen LogP contribution in [0.25, 0.3) is 0 Å². The average Bonchev–Trinajstić information content (AvgIpc) is 2.52. The lowest BCUT2D eigenvalue weighted by atomic mass is 10.1. The second-order valence-electron chi connectivity index (χ2n) is 4.82. The van der Waals surface area contributed by atoms with E-state index in [-0.39, 0.29) is 17.0 Å². The number of aryl methyl sites for hydroxylation is 1. The summed E-state index contributed by atoms with van der Waals surface area (Å²) in [7, 11) is -3.78. The summed E-state index contributed by atoms with van der Waals surface area (Å²) in [6.07, 6.45) is 1.63. The number of sulfonamides is 1. The van der Waals surface area contributed by atoms with Crippen LogP contribution in [-0.2, 0) is 10.0 Å². The first-order valence-corrected chi connectivity index (χ1v) is 8.37. The number of anilines is 1. The Hall–Kier alpha value is -2.45. The summed E-state index contributed by atoms with van der Waals surface area (Å²) in [5, 5.41) is 12.0. The van der Waals surface area contributed by atoms with Crippen LogP contribution >= 0.6 is 0 Å². The van der Waals surface area contributed by atoms with E-state index < -0.39 is 16.0 Å². The van der Waals surface area contributed by atoms with Crippen molar-refractivity contribution in [1.82, 2.24) is 9.71 Å². The van der Waals surface area contributed by atoms with Gasteiger partial charge in [-0.25, -0.2) is 22.9 Å². The zero-order valence-corrected chi connectivity index (χ0v) is 13.3. The van der Waals surface area contributed by atoms with Gasteiger partial charge in [-0.1, -0.05) is 12.1 Å². The van der Waals surface area contributed by atoms with Crippen molar-refractivity contribution >= 4 is 21.8 Å². The summed E-state index contributed by atoms with van der Waals surface area (Å²) in [5.41, 5.74) is 0.419. The minimum absolute atomic E-state index is 0.0322. The number of nitrogens with one attached hydrogen (secondary N) is 2. The molecule has 2 rings (SSSR count). The summed E-state index contributed by atoms with van der Waals surface area (Å²) in [6, 6.07) is 9.39. The molecule has 0 aliphatic carbocycles. The summed E-state index contributed by atoms with van der Waals surface area (Å²) in [5.74, 6) is -0.519. The number of carboxylic acids is 1. The first kappa shape index (κ1) is 16.9. The van der Waals surface area contributed by atoms with Crippen molar-refractivity contribution in [3.05, 3.63) is 53.7 Å². The molecule has 0 bridgehead atoms. The van der Waals surface area contributed by atoms with Crippen LogP contribution in [0.2, 0.25) is 0 Å². The molecule has 1 aromatic carbocycles. The molecule has 1 aromatic heterocycles. The highest BCUT2D eigenvalue weighted by Crippen LogP contribution is 2.17. The first-order valence-electron chi connectivity index (χ1n) is 6.88. The van der Waals surface area contributed by atoms with Crippen molar-refractivity contribution in [2.45, 2.75) is 11.8 Å². The zero-order chi connectivity index (χ0) is 16.9. The van der Waals surface area contributed by atoms with Crippen molar-refractivity contribution in [3.8, 4) is 0 Å². The topological polar surface area (TPSA) is 108 Å². The highest BCUT2D eigenvalue weighted by Gasteiger charge is 2.18. The summed E-state index contributed by atoms with van der Waals surface area (Å²) in [6.45, 7) is 2.12. The molecule has 7 nitrogen and oxygen atoms in total. The van der Waals surface area contributed by atoms with Gasteiger partial charge in [-0.3, -0.25) is 0 Å². The molecule has 0 radical (unpaired) electrons. The maximum Gasteiger partial charge on any atom is 0.335 e. The Morgan fingerprint density at radius 2 is 2.00 bits per heavy atom. The molecule has 0 unspecified atom stereocenters. The lowest BCUT2D eigenvalue weighted by molar-refractivity contribution is 0.0696. The predicted octanol–water partition coefficient (Wildman–Crippen LogP) is 1.48. The fourth-order valence-corrected chi connectivity index (χ4v) is 3.24. The van der Waals surface area contributed by atoms with Gasteiger partial charge in [0.15, 0.2) is 0 Å². The standard InChI is InChI=1S/C15H17N3O4S/c1-11-5-6-12(15(19)20)10-13(11)23(21,22)18-9-8-17-14-4-2-3-7-16-14/h2-7,10,18H,8-9H2,1H3,(H,16,17)(H,19,20). The van der Waals surface area contributed by atoms with E-state index in [1.807, 2.05) is 6.07 Å². The van der Waals surface area contributed by atoms with E-state index in [0.717, 1.165) is 6.07 Å². The SMILES string of the molecule is Cc1ccc(C(=O)O)cc1S(=O)(=O)NCCNc1ccccn1. The van der Waals surface area contributed by atoms with Crippen molar-refractivity contribution in [3.63, 3.8) is 0 Å². The maximum absolute atomic E-state index is 12.3. The number of hydrogen-bond donors (Lipinski definition) is 3. The normalized spacial score (nSPS) is 11.2. The molecule has 8 heteroatoms. The number of pyridine rings is 1. The number of rotatable bonds is 7. The third-order valence-corrected chi connectivity index (χ3v) is 4.72. The summed E-state index contributed by atoms with van der Waals surface area (Å²) in [4.78, 5) is 15.0. The van der Waals surface area contributed by atoms with Crippen LogP contribution in [-0.4, -0.2) is 37.6 Å². The molecule has 3 N–H and O–H groups in total. The van der Waals surface area contributed by atoms with Crippen molar-refractivity contribution in [1.29, 1.82) is 0 Å². The third-order valence-electron chi connectivity index (χ3n) is 3.11. The second-order valence-corrected chi connectivity index (χ2v) is 6.56. The number of carboxylic acid groups (broad SMARTS) is 1. The van der Waals surface area contributed by atoms with E-state index in [2.05, 4.69) is 15.0 Å². The molecule has 0 aliphatic rings.